The number of anilines is 2. The van der Waals surface area contributed by atoms with Crippen LogP contribution in [0.4, 0.5) is 11.5 Å². The molecule has 134 valence electrons. The van der Waals surface area contributed by atoms with Crippen LogP contribution >= 0.6 is 0 Å². The van der Waals surface area contributed by atoms with E-state index in [2.05, 4.69) is 38.8 Å². The zero-order valence-electron chi connectivity index (χ0n) is 14.7. The van der Waals surface area contributed by atoms with Gasteiger partial charge in [-0.3, -0.25) is 4.79 Å². The van der Waals surface area contributed by atoms with Gasteiger partial charge in [0.15, 0.2) is 0 Å². The van der Waals surface area contributed by atoms with Crippen molar-refractivity contribution in [3.63, 3.8) is 0 Å². The molecule has 2 N–H and O–H groups in total. The van der Waals surface area contributed by atoms with E-state index in [9.17, 15) is 4.79 Å². The Bertz CT molecular complexity index is 933. The Labute approximate surface area is 157 Å². The summed E-state index contributed by atoms with van der Waals surface area (Å²) in [5.41, 5.74) is 2.92. The summed E-state index contributed by atoms with van der Waals surface area (Å²) in [4.78, 5) is 20.4. The van der Waals surface area contributed by atoms with Crippen LogP contribution in [-0.4, -0.2) is 22.4 Å². The fourth-order valence-corrected chi connectivity index (χ4v) is 2.56. The van der Waals surface area contributed by atoms with Gasteiger partial charge in [0.2, 0.25) is 0 Å². The smallest absolute Gasteiger partial charge is 0.270 e. The summed E-state index contributed by atoms with van der Waals surface area (Å²) in [6.45, 7) is 0.579. The second kappa shape index (κ2) is 9.11. The van der Waals surface area contributed by atoms with Crippen molar-refractivity contribution in [2.75, 3.05) is 11.9 Å². The van der Waals surface area contributed by atoms with Crippen molar-refractivity contribution in [1.82, 2.24) is 15.3 Å². The molecule has 0 saturated carbocycles. The molecule has 0 unspecified atom stereocenters. The minimum Gasteiger partial charge on any atom is -0.351 e. The van der Waals surface area contributed by atoms with Gasteiger partial charge in [-0.05, 0) is 42.7 Å². The van der Waals surface area contributed by atoms with Gasteiger partial charge < -0.3 is 10.6 Å². The summed E-state index contributed by atoms with van der Waals surface area (Å²) in [6.07, 6.45) is 3.12. The Morgan fingerprint density at radius 1 is 1.04 bits per heavy atom. The maximum absolute atomic E-state index is 12.3. The Kier molecular flexibility index (Phi) is 6.10. The average Bonchev–Trinajstić information content (AvgIpc) is 2.72. The number of rotatable bonds is 7. The zero-order chi connectivity index (χ0) is 18.9. The number of aryl methyl sites for hydroxylation is 1. The van der Waals surface area contributed by atoms with Crippen LogP contribution in [0.2, 0.25) is 0 Å². The van der Waals surface area contributed by atoms with Gasteiger partial charge in [0.05, 0.1) is 11.6 Å². The summed E-state index contributed by atoms with van der Waals surface area (Å²) in [6, 6.07) is 20.8. The van der Waals surface area contributed by atoms with Crippen molar-refractivity contribution in [2.24, 2.45) is 0 Å². The SMILES string of the molecule is N#Cc1ccc(Nc2cc(C(=O)NCCCc3ccccc3)ncn2)cc1. The Morgan fingerprint density at radius 2 is 1.81 bits per heavy atom. The normalized spacial score (nSPS) is 10.0. The highest BCUT2D eigenvalue weighted by Crippen LogP contribution is 2.15. The van der Waals surface area contributed by atoms with Crippen molar-refractivity contribution < 1.29 is 4.79 Å². The molecule has 0 fully saturated rings. The van der Waals surface area contributed by atoms with E-state index in [-0.39, 0.29) is 5.91 Å². The number of aromatic nitrogens is 2. The molecule has 3 rings (SSSR count). The lowest BCUT2D eigenvalue weighted by Gasteiger charge is -2.08. The van der Waals surface area contributed by atoms with Gasteiger partial charge in [0, 0.05) is 18.3 Å². The van der Waals surface area contributed by atoms with Gasteiger partial charge in [-0.1, -0.05) is 30.3 Å². The standard InChI is InChI=1S/C21H19N5O/c22-14-17-8-10-18(11-9-17)26-20-13-19(24-15-25-20)21(27)23-12-4-7-16-5-2-1-3-6-16/h1-3,5-6,8-11,13,15H,4,7,12H2,(H,23,27)(H,24,25,26). The molecule has 1 aromatic heterocycles. The third kappa shape index (κ3) is 5.38. The van der Waals surface area contributed by atoms with Crippen LogP contribution in [0.5, 0.6) is 0 Å². The van der Waals surface area contributed by atoms with E-state index in [1.165, 1.54) is 11.9 Å². The van der Waals surface area contributed by atoms with Gasteiger partial charge in [0.1, 0.15) is 17.8 Å². The van der Waals surface area contributed by atoms with E-state index in [4.69, 9.17) is 5.26 Å². The van der Waals surface area contributed by atoms with E-state index in [1.54, 1.807) is 30.3 Å². The van der Waals surface area contributed by atoms with Crippen molar-refractivity contribution in [3.8, 4) is 6.07 Å². The second-order valence-corrected chi connectivity index (χ2v) is 5.95. The van der Waals surface area contributed by atoms with Gasteiger partial charge >= 0.3 is 0 Å². The zero-order valence-corrected chi connectivity index (χ0v) is 14.7. The first kappa shape index (κ1) is 18.1. The fraction of sp³-hybridized carbons (Fsp3) is 0.143. The quantitative estimate of drug-likeness (QED) is 0.632. The first-order chi connectivity index (χ1) is 13.2. The minimum atomic E-state index is -0.228. The topological polar surface area (TPSA) is 90.7 Å². The lowest BCUT2D eigenvalue weighted by Crippen LogP contribution is -2.25. The molecule has 27 heavy (non-hydrogen) atoms. The first-order valence-corrected chi connectivity index (χ1v) is 8.66. The van der Waals surface area contributed by atoms with Gasteiger partial charge in [-0.15, -0.1) is 0 Å². The van der Waals surface area contributed by atoms with Crippen LogP contribution in [0, 0.1) is 11.3 Å². The number of hydrogen-bond acceptors (Lipinski definition) is 5. The van der Waals surface area contributed by atoms with Gasteiger partial charge in [-0.2, -0.15) is 5.26 Å². The molecule has 0 aliphatic heterocycles. The minimum absolute atomic E-state index is 0.228. The molecular weight excluding hydrogens is 338 g/mol. The number of carbonyl (C=O) groups excluding carboxylic acids is 1. The highest BCUT2D eigenvalue weighted by atomic mass is 16.1. The molecule has 2 aromatic carbocycles. The molecule has 0 aliphatic rings. The third-order valence-corrected chi connectivity index (χ3v) is 3.96. The number of hydrogen-bond donors (Lipinski definition) is 2. The van der Waals surface area contributed by atoms with E-state index in [1.807, 2.05) is 18.2 Å². The predicted molar refractivity (Wildman–Crippen MR) is 104 cm³/mol. The van der Waals surface area contributed by atoms with Crippen LogP contribution in [0.1, 0.15) is 28.0 Å². The Balaban J connectivity index is 1.52. The largest absolute Gasteiger partial charge is 0.351 e. The summed E-state index contributed by atoms with van der Waals surface area (Å²) >= 11 is 0. The van der Waals surface area contributed by atoms with E-state index >= 15 is 0 Å². The van der Waals surface area contributed by atoms with Crippen LogP contribution in [-0.2, 0) is 6.42 Å². The molecule has 0 radical (unpaired) electrons. The lowest BCUT2D eigenvalue weighted by atomic mass is 10.1. The van der Waals surface area contributed by atoms with Crippen molar-refractivity contribution >= 4 is 17.4 Å². The molecule has 6 heteroatoms. The Hall–Kier alpha value is -3.72. The van der Waals surface area contributed by atoms with Crippen molar-refractivity contribution in [2.45, 2.75) is 12.8 Å². The lowest BCUT2D eigenvalue weighted by molar-refractivity contribution is 0.0948. The number of nitriles is 1. The molecule has 0 aliphatic carbocycles. The van der Waals surface area contributed by atoms with E-state index in [0.717, 1.165) is 18.5 Å². The Morgan fingerprint density at radius 3 is 2.56 bits per heavy atom. The molecule has 0 saturated heterocycles. The molecule has 0 spiro atoms. The van der Waals surface area contributed by atoms with Crippen LogP contribution in [0.25, 0.3) is 0 Å². The third-order valence-electron chi connectivity index (χ3n) is 3.96. The highest BCUT2D eigenvalue weighted by molar-refractivity contribution is 5.92. The maximum atomic E-state index is 12.3. The molecule has 6 nitrogen and oxygen atoms in total. The van der Waals surface area contributed by atoms with Gasteiger partial charge in [0.25, 0.3) is 5.91 Å². The summed E-state index contributed by atoms with van der Waals surface area (Å²) < 4.78 is 0. The number of amides is 1. The van der Waals surface area contributed by atoms with Crippen LogP contribution < -0.4 is 10.6 Å². The molecule has 0 bridgehead atoms. The van der Waals surface area contributed by atoms with Crippen LogP contribution in [0.15, 0.2) is 67.0 Å². The highest BCUT2D eigenvalue weighted by Gasteiger charge is 2.08. The molecule has 1 heterocycles. The number of carbonyl (C=O) groups is 1. The monoisotopic (exact) mass is 357 g/mol. The summed E-state index contributed by atoms with van der Waals surface area (Å²) in [5, 5.41) is 14.8. The number of nitrogens with zero attached hydrogens (tertiary/aromatic N) is 3. The van der Waals surface area contributed by atoms with E-state index in [0.29, 0.717) is 23.6 Å². The second-order valence-electron chi connectivity index (χ2n) is 5.95. The summed E-state index contributed by atoms with van der Waals surface area (Å²) in [5.74, 6) is 0.289. The number of benzene rings is 2. The predicted octanol–water partition coefficient (Wildman–Crippen LogP) is 3.45. The fourth-order valence-electron chi connectivity index (χ4n) is 2.56. The van der Waals surface area contributed by atoms with Crippen LogP contribution in [0.3, 0.4) is 0 Å². The van der Waals surface area contributed by atoms with Crippen molar-refractivity contribution in [1.29, 1.82) is 5.26 Å². The summed E-state index contributed by atoms with van der Waals surface area (Å²) in [7, 11) is 0. The van der Waals surface area contributed by atoms with E-state index < -0.39 is 0 Å². The molecule has 0 atom stereocenters. The maximum Gasteiger partial charge on any atom is 0.270 e. The molecule has 1 amide bonds. The number of nitrogens with one attached hydrogen (secondary N) is 2. The van der Waals surface area contributed by atoms with Gasteiger partial charge in [-0.25, -0.2) is 9.97 Å². The van der Waals surface area contributed by atoms with Crippen molar-refractivity contribution in [3.05, 3.63) is 83.8 Å². The average molecular weight is 357 g/mol. The molecular formula is C21H19N5O. The molecule has 3 aromatic rings. The first-order valence-electron chi connectivity index (χ1n) is 8.66.